The van der Waals surface area contributed by atoms with Crippen molar-refractivity contribution in [2.24, 2.45) is 0 Å². The molecule has 3 heterocycles. The average molecular weight is 368 g/mol. The summed E-state index contributed by atoms with van der Waals surface area (Å²) in [4.78, 5) is 4.49. The molecule has 1 saturated heterocycles. The molecule has 1 atom stereocenters. The molecule has 2 aromatic heterocycles. The standard InChI is InChI=1S/C20H24N4O3/c1-25-17-9-14(10-18(26-2)20(17)27-3)15-11-19-22-8-6-16(24(19)23-15)13-5-4-7-21-12-13/h6,8-11,13,21H,4-5,7,12H2,1-3H3/t13-/m0/s1. The summed E-state index contributed by atoms with van der Waals surface area (Å²) in [6, 6.07) is 7.87. The Morgan fingerprint density at radius 2 is 1.85 bits per heavy atom. The van der Waals surface area contributed by atoms with Gasteiger partial charge in [-0.05, 0) is 37.6 Å². The lowest BCUT2D eigenvalue weighted by Crippen LogP contribution is -2.29. The summed E-state index contributed by atoms with van der Waals surface area (Å²) in [5.41, 5.74) is 3.73. The minimum Gasteiger partial charge on any atom is -0.493 e. The third-order valence-electron chi connectivity index (χ3n) is 5.06. The number of hydrogen-bond acceptors (Lipinski definition) is 6. The summed E-state index contributed by atoms with van der Waals surface area (Å²) < 4.78 is 18.3. The van der Waals surface area contributed by atoms with Crippen molar-refractivity contribution in [1.29, 1.82) is 0 Å². The van der Waals surface area contributed by atoms with E-state index in [9.17, 15) is 0 Å². The van der Waals surface area contributed by atoms with Crippen molar-refractivity contribution in [3.05, 3.63) is 36.2 Å². The van der Waals surface area contributed by atoms with Gasteiger partial charge in [-0.3, -0.25) is 0 Å². The number of aromatic nitrogens is 3. The molecule has 0 spiro atoms. The van der Waals surface area contributed by atoms with E-state index >= 15 is 0 Å². The fraction of sp³-hybridized carbons (Fsp3) is 0.400. The summed E-state index contributed by atoms with van der Waals surface area (Å²) in [6.07, 6.45) is 4.20. The van der Waals surface area contributed by atoms with Crippen molar-refractivity contribution in [3.63, 3.8) is 0 Å². The molecule has 1 aliphatic rings. The molecule has 1 aromatic carbocycles. The molecule has 0 unspecified atom stereocenters. The van der Waals surface area contributed by atoms with Gasteiger partial charge in [0.1, 0.15) is 0 Å². The van der Waals surface area contributed by atoms with Gasteiger partial charge in [0.2, 0.25) is 5.75 Å². The normalized spacial score (nSPS) is 17.1. The zero-order valence-electron chi connectivity index (χ0n) is 15.9. The van der Waals surface area contributed by atoms with E-state index in [1.165, 1.54) is 12.1 Å². The summed E-state index contributed by atoms with van der Waals surface area (Å²) >= 11 is 0. The number of piperidine rings is 1. The number of rotatable bonds is 5. The lowest BCUT2D eigenvalue weighted by Gasteiger charge is -2.23. The van der Waals surface area contributed by atoms with Gasteiger partial charge in [0, 0.05) is 30.3 Å². The molecule has 0 saturated carbocycles. The van der Waals surface area contributed by atoms with Crippen LogP contribution >= 0.6 is 0 Å². The third kappa shape index (κ3) is 3.19. The zero-order valence-corrected chi connectivity index (χ0v) is 15.9. The van der Waals surface area contributed by atoms with Gasteiger partial charge in [-0.2, -0.15) is 5.10 Å². The Labute approximate surface area is 158 Å². The van der Waals surface area contributed by atoms with E-state index in [1.807, 2.05) is 28.9 Å². The van der Waals surface area contributed by atoms with Gasteiger partial charge in [-0.25, -0.2) is 9.50 Å². The van der Waals surface area contributed by atoms with Crippen LogP contribution in [0.1, 0.15) is 24.5 Å². The molecule has 142 valence electrons. The molecular formula is C20H24N4O3. The first kappa shape index (κ1) is 17.6. The first-order valence-electron chi connectivity index (χ1n) is 9.11. The van der Waals surface area contributed by atoms with E-state index in [0.717, 1.165) is 36.4 Å². The Bertz CT molecular complexity index is 923. The van der Waals surface area contributed by atoms with Crippen molar-refractivity contribution in [3.8, 4) is 28.5 Å². The van der Waals surface area contributed by atoms with Gasteiger partial charge in [0.25, 0.3) is 0 Å². The Morgan fingerprint density at radius 3 is 2.48 bits per heavy atom. The predicted molar refractivity (Wildman–Crippen MR) is 103 cm³/mol. The third-order valence-corrected chi connectivity index (χ3v) is 5.06. The summed E-state index contributed by atoms with van der Waals surface area (Å²) in [6.45, 7) is 2.05. The van der Waals surface area contributed by atoms with Crippen molar-refractivity contribution in [2.45, 2.75) is 18.8 Å². The van der Waals surface area contributed by atoms with E-state index in [-0.39, 0.29) is 0 Å². The molecule has 0 amide bonds. The van der Waals surface area contributed by atoms with E-state index in [1.54, 1.807) is 21.3 Å². The molecule has 1 N–H and O–H groups in total. The highest BCUT2D eigenvalue weighted by atomic mass is 16.5. The van der Waals surface area contributed by atoms with Crippen LogP contribution in [0.25, 0.3) is 16.9 Å². The number of hydrogen-bond donors (Lipinski definition) is 1. The number of nitrogens with zero attached hydrogens (tertiary/aromatic N) is 3. The first-order valence-corrected chi connectivity index (χ1v) is 9.11. The van der Waals surface area contributed by atoms with E-state index in [0.29, 0.717) is 23.2 Å². The van der Waals surface area contributed by atoms with Crippen LogP contribution < -0.4 is 19.5 Å². The smallest absolute Gasteiger partial charge is 0.203 e. The van der Waals surface area contributed by atoms with Gasteiger partial charge in [0.15, 0.2) is 17.1 Å². The van der Waals surface area contributed by atoms with Crippen LogP contribution in [0.15, 0.2) is 30.5 Å². The number of ether oxygens (including phenoxy) is 3. The molecule has 4 rings (SSSR count). The number of fused-ring (bicyclic) bond motifs is 1. The molecule has 1 fully saturated rings. The Morgan fingerprint density at radius 1 is 1.07 bits per heavy atom. The van der Waals surface area contributed by atoms with Crippen LogP contribution in [0.4, 0.5) is 0 Å². The van der Waals surface area contributed by atoms with Gasteiger partial charge < -0.3 is 19.5 Å². The molecule has 1 aliphatic heterocycles. The maximum absolute atomic E-state index is 5.47. The van der Waals surface area contributed by atoms with Crippen molar-refractivity contribution < 1.29 is 14.2 Å². The van der Waals surface area contributed by atoms with Crippen LogP contribution in [0.2, 0.25) is 0 Å². The topological polar surface area (TPSA) is 69.9 Å². The summed E-state index contributed by atoms with van der Waals surface area (Å²) in [7, 11) is 4.82. The van der Waals surface area contributed by atoms with Crippen molar-refractivity contribution in [2.75, 3.05) is 34.4 Å². The maximum atomic E-state index is 5.47. The zero-order chi connectivity index (χ0) is 18.8. The fourth-order valence-electron chi connectivity index (χ4n) is 3.70. The number of nitrogens with one attached hydrogen (secondary N) is 1. The average Bonchev–Trinajstić information content (AvgIpc) is 3.17. The second kappa shape index (κ2) is 7.44. The molecule has 3 aromatic rings. The summed E-state index contributed by atoms with van der Waals surface area (Å²) in [5, 5.41) is 8.31. The molecule has 7 nitrogen and oxygen atoms in total. The fourth-order valence-corrected chi connectivity index (χ4v) is 3.70. The van der Waals surface area contributed by atoms with Gasteiger partial charge in [-0.15, -0.1) is 0 Å². The van der Waals surface area contributed by atoms with Crippen molar-refractivity contribution >= 4 is 5.65 Å². The second-order valence-corrected chi connectivity index (χ2v) is 6.63. The second-order valence-electron chi connectivity index (χ2n) is 6.63. The van der Waals surface area contributed by atoms with Crippen LogP contribution in [-0.4, -0.2) is 49.0 Å². The van der Waals surface area contributed by atoms with E-state index in [2.05, 4.69) is 16.4 Å². The molecule has 0 aliphatic carbocycles. The minimum atomic E-state index is 0.442. The Kier molecular flexibility index (Phi) is 4.85. The highest BCUT2D eigenvalue weighted by Gasteiger charge is 2.20. The van der Waals surface area contributed by atoms with Gasteiger partial charge in [0.05, 0.1) is 32.7 Å². The largest absolute Gasteiger partial charge is 0.493 e. The number of methoxy groups -OCH3 is 3. The predicted octanol–water partition coefficient (Wildman–Crippen LogP) is 2.89. The number of benzene rings is 1. The molecule has 7 heteroatoms. The highest BCUT2D eigenvalue weighted by Crippen LogP contribution is 2.41. The maximum Gasteiger partial charge on any atom is 0.203 e. The lowest BCUT2D eigenvalue weighted by molar-refractivity contribution is 0.324. The highest BCUT2D eigenvalue weighted by molar-refractivity contribution is 5.71. The van der Waals surface area contributed by atoms with Crippen LogP contribution in [0, 0.1) is 0 Å². The lowest BCUT2D eigenvalue weighted by atomic mass is 9.96. The first-order chi connectivity index (χ1) is 13.2. The van der Waals surface area contributed by atoms with Crippen LogP contribution in [0.5, 0.6) is 17.2 Å². The molecule has 27 heavy (non-hydrogen) atoms. The van der Waals surface area contributed by atoms with E-state index < -0.39 is 0 Å². The van der Waals surface area contributed by atoms with Crippen molar-refractivity contribution in [1.82, 2.24) is 19.9 Å². The van der Waals surface area contributed by atoms with Crippen LogP contribution in [-0.2, 0) is 0 Å². The SMILES string of the molecule is COc1cc(-c2cc3nccc([C@H]4CCCNC4)n3n2)cc(OC)c1OC. The van der Waals surface area contributed by atoms with Gasteiger partial charge >= 0.3 is 0 Å². The molecular weight excluding hydrogens is 344 g/mol. The summed E-state index contributed by atoms with van der Waals surface area (Å²) in [5.74, 6) is 2.22. The quantitative estimate of drug-likeness (QED) is 0.747. The van der Waals surface area contributed by atoms with E-state index in [4.69, 9.17) is 19.3 Å². The molecule has 0 radical (unpaired) electrons. The Balaban J connectivity index is 1.81. The Hall–Kier alpha value is -2.80. The van der Waals surface area contributed by atoms with Crippen LogP contribution in [0.3, 0.4) is 0 Å². The minimum absolute atomic E-state index is 0.442. The molecule has 0 bridgehead atoms. The van der Waals surface area contributed by atoms with Gasteiger partial charge in [-0.1, -0.05) is 0 Å². The monoisotopic (exact) mass is 368 g/mol.